The molecule has 0 saturated heterocycles. The number of aromatic nitrogens is 2. The SMILES string of the molecule is Cc1ccn2c(NCc3ccccc3)c(-c3ccccc3OC(=O)c3ccccc3F)nc2c1. The molecule has 0 amide bonds. The van der Waals surface area contributed by atoms with Crippen LogP contribution < -0.4 is 10.1 Å². The van der Waals surface area contributed by atoms with E-state index in [1.807, 2.05) is 72.1 Å². The third-order valence-electron chi connectivity index (χ3n) is 5.52. The normalized spacial score (nSPS) is 10.9. The average Bonchev–Trinajstić information content (AvgIpc) is 3.21. The largest absolute Gasteiger partial charge is 0.422 e. The number of ether oxygens (including phenoxy) is 1. The first-order chi connectivity index (χ1) is 16.6. The molecule has 3 aromatic carbocycles. The van der Waals surface area contributed by atoms with E-state index in [4.69, 9.17) is 9.72 Å². The van der Waals surface area contributed by atoms with Gasteiger partial charge in [0.25, 0.3) is 0 Å². The second-order valence-electron chi connectivity index (χ2n) is 7.95. The summed E-state index contributed by atoms with van der Waals surface area (Å²) in [7, 11) is 0. The third-order valence-corrected chi connectivity index (χ3v) is 5.52. The molecule has 6 heteroatoms. The lowest BCUT2D eigenvalue weighted by Crippen LogP contribution is -2.11. The molecule has 0 fully saturated rings. The number of imidazole rings is 1. The van der Waals surface area contributed by atoms with Gasteiger partial charge >= 0.3 is 5.97 Å². The molecule has 168 valence electrons. The molecule has 0 aliphatic heterocycles. The number of rotatable bonds is 6. The van der Waals surface area contributed by atoms with Crippen LogP contribution in [0.5, 0.6) is 5.75 Å². The van der Waals surface area contributed by atoms with Gasteiger partial charge in [-0.25, -0.2) is 14.2 Å². The highest BCUT2D eigenvalue weighted by molar-refractivity contribution is 5.93. The van der Waals surface area contributed by atoms with Crippen molar-refractivity contribution in [1.82, 2.24) is 9.38 Å². The number of nitrogens with zero attached hydrogens (tertiary/aromatic N) is 2. The first-order valence-electron chi connectivity index (χ1n) is 10.9. The Labute approximate surface area is 196 Å². The maximum Gasteiger partial charge on any atom is 0.346 e. The Balaban J connectivity index is 1.56. The van der Waals surface area contributed by atoms with E-state index in [0.717, 1.165) is 22.6 Å². The second kappa shape index (κ2) is 9.19. The molecule has 0 radical (unpaired) electrons. The molecule has 1 N–H and O–H groups in total. The third kappa shape index (κ3) is 4.26. The molecule has 0 unspecified atom stereocenters. The van der Waals surface area contributed by atoms with Gasteiger partial charge in [-0.1, -0.05) is 54.6 Å². The molecule has 0 aliphatic rings. The molecule has 34 heavy (non-hydrogen) atoms. The van der Waals surface area contributed by atoms with E-state index >= 15 is 0 Å². The maximum atomic E-state index is 14.1. The number of para-hydroxylation sites is 1. The second-order valence-corrected chi connectivity index (χ2v) is 7.95. The van der Waals surface area contributed by atoms with Gasteiger partial charge in [-0.3, -0.25) is 4.40 Å². The standard InChI is InChI=1S/C28H22FN3O2/c1-19-15-16-32-25(17-19)31-26(27(32)30-18-20-9-3-2-4-10-20)22-12-6-8-14-24(22)34-28(33)21-11-5-7-13-23(21)29/h2-17,30H,18H2,1H3. The first kappa shape index (κ1) is 21.4. The molecule has 0 saturated carbocycles. The van der Waals surface area contributed by atoms with Crippen LogP contribution in [0.25, 0.3) is 16.9 Å². The van der Waals surface area contributed by atoms with E-state index in [2.05, 4.69) is 5.32 Å². The number of hydrogen-bond donors (Lipinski definition) is 1. The summed E-state index contributed by atoms with van der Waals surface area (Å²) in [5.74, 6) is -0.311. The van der Waals surface area contributed by atoms with Crippen LogP contribution in [-0.4, -0.2) is 15.4 Å². The molecule has 0 spiro atoms. The lowest BCUT2D eigenvalue weighted by molar-refractivity contribution is 0.0730. The zero-order valence-electron chi connectivity index (χ0n) is 18.5. The fraction of sp³-hybridized carbons (Fsp3) is 0.0714. The van der Waals surface area contributed by atoms with Gasteiger partial charge in [0.15, 0.2) is 0 Å². The van der Waals surface area contributed by atoms with Gasteiger partial charge in [-0.2, -0.15) is 0 Å². The van der Waals surface area contributed by atoms with Crippen molar-refractivity contribution >= 4 is 17.4 Å². The van der Waals surface area contributed by atoms with Gasteiger partial charge < -0.3 is 10.1 Å². The first-order valence-corrected chi connectivity index (χ1v) is 10.9. The van der Waals surface area contributed by atoms with Gasteiger partial charge in [0, 0.05) is 18.3 Å². The summed E-state index contributed by atoms with van der Waals surface area (Å²) in [6, 6.07) is 27.0. The van der Waals surface area contributed by atoms with E-state index in [-0.39, 0.29) is 5.56 Å². The molecular formula is C28H22FN3O2. The fourth-order valence-corrected chi connectivity index (χ4v) is 3.82. The number of carbonyl (C=O) groups is 1. The predicted octanol–water partition coefficient (Wildman–Crippen LogP) is 6.28. The van der Waals surface area contributed by atoms with Gasteiger partial charge in [0.1, 0.15) is 28.7 Å². The van der Waals surface area contributed by atoms with Gasteiger partial charge in [-0.05, 0) is 54.4 Å². The molecule has 2 heterocycles. The zero-order chi connectivity index (χ0) is 23.5. The number of pyridine rings is 1. The topological polar surface area (TPSA) is 55.6 Å². The fourth-order valence-electron chi connectivity index (χ4n) is 3.82. The lowest BCUT2D eigenvalue weighted by atomic mass is 10.1. The van der Waals surface area contributed by atoms with Crippen molar-refractivity contribution in [2.75, 3.05) is 5.32 Å². The van der Waals surface area contributed by atoms with Crippen molar-refractivity contribution in [3.05, 3.63) is 120 Å². The molecule has 5 nitrogen and oxygen atoms in total. The Hall–Kier alpha value is -4.45. The van der Waals surface area contributed by atoms with Crippen molar-refractivity contribution in [3.63, 3.8) is 0 Å². The zero-order valence-corrected chi connectivity index (χ0v) is 18.5. The summed E-state index contributed by atoms with van der Waals surface area (Å²) in [6.07, 6.45) is 1.96. The highest BCUT2D eigenvalue weighted by atomic mass is 19.1. The molecule has 0 aliphatic carbocycles. The summed E-state index contributed by atoms with van der Waals surface area (Å²) in [6.45, 7) is 2.60. The summed E-state index contributed by atoms with van der Waals surface area (Å²) in [5, 5.41) is 3.49. The molecule has 5 aromatic rings. The summed E-state index contributed by atoms with van der Waals surface area (Å²) in [5.41, 5.74) is 4.11. The van der Waals surface area contributed by atoms with Crippen LogP contribution in [0.1, 0.15) is 21.5 Å². The van der Waals surface area contributed by atoms with E-state index < -0.39 is 11.8 Å². The highest BCUT2D eigenvalue weighted by Gasteiger charge is 2.20. The van der Waals surface area contributed by atoms with E-state index in [0.29, 0.717) is 23.6 Å². The Bertz CT molecular complexity index is 1480. The van der Waals surface area contributed by atoms with Crippen LogP contribution in [0.3, 0.4) is 0 Å². The van der Waals surface area contributed by atoms with Crippen LogP contribution in [-0.2, 0) is 6.54 Å². The molecular weight excluding hydrogens is 429 g/mol. The Morgan fingerprint density at radius 3 is 2.53 bits per heavy atom. The van der Waals surface area contributed by atoms with Gasteiger partial charge in [0.05, 0.1) is 5.56 Å². The van der Waals surface area contributed by atoms with Crippen molar-refractivity contribution in [2.45, 2.75) is 13.5 Å². The molecule has 0 atom stereocenters. The number of halogens is 1. The Kier molecular flexibility index (Phi) is 5.79. The smallest absolute Gasteiger partial charge is 0.346 e. The number of fused-ring (bicyclic) bond motifs is 1. The Morgan fingerprint density at radius 1 is 0.971 bits per heavy atom. The van der Waals surface area contributed by atoms with Crippen LogP contribution in [0.2, 0.25) is 0 Å². The van der Waals surface area contributed by atoms with Crippen LogP contribution >= 0.6 is 0 Å². The number of hydrogen-bond acceptors (Lipinski definition) is 4. The number of nitrogens with one attached hydrogen (secondary N) is 1. The van der Waals surface area contributed by atoms with Crippen LogP contribution in [0.15, 0.2) is 97.2 Å². The average molecular weight is 452 g/mol. The molecule has 0 bridgehead atoms. The van der Waals surface area contributed by atoms with E-state index in [1.165, 1.54) is 18.2 Å². The minimum Gasteiger partial charge on any atom is -0.422 e. The maximum absolute atomic E-state index is 14.1. The van der Waals surface area contributed by atoms with Crippen molar-refractivity contribution in [3.8, 4) is 17.0 Å². The quantitative estimate of drug-likeness (QED) is 0.244. The van der Waals surface area contributed by atoms with Crippen molar-refractivity contribution < 1.29 is 13.9 Å². The van der Waals surface area contributed by atoms with E-state index in [9.17, 15) is 9.18 Å². The van der Waals surface area contributed by atoms with Crippen molar-refractivity contribution in [2.24, 2.45) is 0 Å². The number of benzene rings is 3. The lowest BCUT2D eigenvalue weighted by Gasteiger charge is -2.12. The summed E-state index contributed by atoms with van der Waals surface area (Å²) >= 11 is 0. The van der Waals surface area contributed by atoms with Crippen molar-refractivity contribution in [1.29, 1.82) is 0 Å². The number of esters is 1. The van der Waals surface area contributed by atoms with E-state index in [1.54, 1.807) is 18.2 Å². The number of aryl methyl sites for hydroxylation is 1. The molecule has 2 aromatic heterocycles. The minimum absolute atomic E-state index is 0.120. The minimum atomic E-state index is -0.760. The van der Waals surface area contributed by atoms with Gasteiger partial charge in [0.2, 0.25) is 0 Å². The van der Waals surface area contributed by atoms with Crippen LogP contribution in [0.4, 0.5) is 10.2 Å². The van der Waals surface area contributed by atoms with Gasteiger partial charge in [-0.15, -0.1) is 0 Å². The predicted molar refractivity (Wildman–Crippen MR) is 130 cm³/mol. The summed E-state index contributed by atoms with van der Waals surface area (Å²) < 4.78 is 21.8. The highest BCUT2D eigenvalue weighted by Crippen LogP contribution is 2.36. The van der Waals surface area contributed by atoms with Crippen LogP contribution in [0, 0.1) is 12.7 Å². The Morgan fingerprint density at radius 2 is 1.71 bits per heavy atom. The monoisotopic (exact) mass is 451 g/mol. The summed E-state index contributed by atoms with van der Waals surface area (Å²) in [4.78, 5) is 17.6. The number of anilines is 1. The molecule has 5 rings (SSSR count). The number of carbonyl (C=O) groups excluding carboxylic acids is 1.